The Kier molecular flexibility index (Phi) is 7.87. The molecule has 0 unspecified atom stereocenters. The number of esters is 1. The summed E-state index contributed by atoms with van der Waals surface area (Å²) in [6, 6.07) is 13.9. The molecule has 0 radical (unpaired) electrons. The molecule has 0 amide bonds. The molecule has 1 saturated heterocycles. The Balaban J connectivity index is 1.56. The smallest absolute Gasteiger partial charge is 0.311 e. The zero-order chi connectivity index (χ0) is 21.4. The number of para-hydroxylation sites is 2. The van der Waals surface area contributed by atoms with Crippen molar-refractivity contribution in [2.45, 2.75) is 50.3 Å². The maximum Gasteiger partial charge on any atom is 0.311 e. The second kappa shape index (κ2) is 10.6. The van der Waals surface area contributed by atoms with Crippen molar-refractivity contribution in [1.29, 1.82) is 0 Å². The van der Waals surface area contributed by atoms with Gasteiger partial charge in [0.05, 0.1) is 11.5 Å². The number of rotatable bonds is 9. The van der Waals surface area contributed by atoms with Gasteiger partial charge in [-0.15, -0.1) is 0 Å². The fourth-order valence-corrected chi connectivity index (χ4v) is 4.89. The summed E-state index contributed by atoms with van der Waals surface area (Å²) in [5, 5.41) is 0. The number of benzene rings is 2. The van der Waals surface area contributed by atoms with E-state index in [9.17, 15) is 13.2 Å². The van der Waals surface area contributed by atoms with Crippen molar-refractivity contribution in [3.8, 4) is 11.5 Å². The Morgan fingerprint density at radius 3 is 2.30 bits per heavy atom. The molecule has 1 aliphatic rings. The fraction of sp³-hybridized carbons (Fsp3) is 0.435. The van der Waals surface area contributed by atoms with Crippen LogP contribution >= 0.6 is 0 Å². The molecule has 1 heterocycles. The van der Waals surface area contributed by atoms with Crippen molar-refractivity contribution in [1.82, 2.24) is 4.31 Å². The van der Waals surface area contributed by atoms with E-state index in [1.54, 1.807) is 46.8 Å². The van der Waals surface area contributed by atoms with Gasteiger partial charge in [0.25, 0.3) is 0 Å². The molecule has 1 aliphatic heterocycles. The summed E-state index contributed by atoms with van der Waals surface area (Å²) in [6.45, 7) is 3.73. The summed E-state index contributed by atoms with van der Waals surface area (Å²) in [5.74, 6) is 0.617. The van der Waals surface area contributed by atoms with Crippen molar-refractivity contribution in [2.75, 3.05) is 19.7 Å². The van der Waals surface area contributed by atoms with Gasteiger partial charge in [-0.2, -0.15) is 4.31 Å². The van der Waals surface area contributed by atoms with Crippen LogP contribution in [0.1, 0.15) is 44.6 Å². The maximum absolute atomic E-state index is 12.7. The number of aryl methyl sites for hydroxylation is 1. The zero-order valence-corrected chi connectivity index (χ0v) is 18.2. The average Bonchev–Trinajstić information content (AvgIpc) is 2.78. The van der Waals surface area contributed by atoms with Crippen molar-refractivity contribution >= 4 is 16.0 Å². The molecule has 7 heteroatoms. The largest absolute Gasteiger partial charge is 0.490 e. The predicted octanol–water partition coefficient (Wildman–Crippen LogP) is 4.19. The minimum atomic E-state index is -3.44. The molecule has 0 aliphatic carbocycles. The number of piperidine rings is 1. The Hall–Kier alpha value is -2.38. The summed E-state index contributed by atoms with van der Waals surface area (Å²) in [7, 11) is -3.44. The third kappa shape index (κ3) is 5.83. The number of nitrogens with zero attached hydrogens (tertiary/aromatic N) is 1. The van der Waals surface area contributed by atoms with E-state index in [2.05, 4.69) is 0 Å². The van der Waals surface area contributed by atoms with Gasteiger partial charge in [-0.25, -0.2) is 8.42 Å². The molecule has 6 nitrogen and oxygen atoms in total. The Labute approximate surface area is 178 Å². The van der Waals surface area contributed by atoms with E-state index in [1.165, 1.54) is 0 Å². The highest BCUT2D eigenvalue weighted by Crippen LogP contribution is 2.27. The first-order chi connectivity index (χ1) is 14.5. The van der Waals surface area contributed by atoms with Gasteiger partial charge in [0.2, 0.25) is 10.0 Å². The van der Waals surface area contributed by atoms with Gasteiger partial charge in [0.1, 0.15) is 0 Å². The molecule has 0 spiro atoms. The third-order valence-electron chi connectivity index (χ3n) is 5.03. The molecule has 0 aromatic heterocycles. The highest BCUT2D eigenvalue weighted by Gasteiger charge is 2.25. The average molecular weight is 432 g/mol. The van der Waals surface area contributed by atoms with E-state index in [0.29, 0.717) is 42.5 Å². The number of carbonyl (C=O) groups is 1. The van der Waals surface area contributed by atoms with Crippen LogP contribution in [0.5, 0.6) is 11.5 Å². The third-order valence-corrected chi connectivity index (χ3v) is 6.94. The van der Waals surface area contributed by atoms with Crippen molar-refractivity contribution in [2.24, 2.45) is 0 Å². The predicted molar refractivity (Wildman–Crippen MR) is 115 cm³/mol. The van der Waals surface area contributed by atoms with E-state index < -0.39 is 10.0 Å². The standard InChI is InChI=1S/C23H29NO5S/c1-2-18-28-21-8-4-5-9-22(21)29-23(25)15-12-19-10-13-20(14-11-19)30(26,27)24-16-6-3-7-17-24/h4-5,8-11,13-14H,2-3,6-7,12,15-18H2,1H3. The molecule has 0 saturated carbocycles. The molecule has 3 rings (SSSR count). The first-order valence-corrected chi connectivity index (χ1v) is 12.0. The lowest BCUT2D eigenvalue weighted by atomic mass is 10.1. The summed E-state index contributed by atoms with van der Waals surface area (Å²) >= 11 is 0. The van der Waals surface area contributed by atoms with Gasteiger partial charge in [0, 0.05) is 19.5 Å². The van der Waals surface area contributed by atoms with E-state index in [1.807, 2.05) is 13.0 Å². The molecule has 0 atom stereocenters. The highest BCUT2D eigenvalue weighted by molar-refractivity contribution is 7.89. The van der Waals surface area contributed by atoms with E-state index in [0.717, 1.165) is 31.2 Å². The Bertz CT molecular complexity index is 934. The number of hydrogen-bond acceptors (Lipinski definition) is 5. The van der Waals surface area contributed by atoms with Crippen LogP contribution in [0.2, 0.25) is 0 Å². The second-order valence-electron chi connectivity index (χ2n) is 7.38. The topological polar surface area (TPSA) is 72.9 Å². The highest BCUT2D eigenvalue weighted by atomic mass is 32.2. The van der Waals surface area contributed by atoms with Crippen molar-refractivity contribution in [3.05, 3.63) is 54.1 Å². The molecule has 0 N–H and O–H groups in total. The van der Waals surface area contributed by atoms with E-state index in [-0.39, 0.29) is 12.4 Å². The van der Waals surface area contributed by atoms with Gasteiger partial charge in [-0.3, -0.25) is 4.79 Å². The molecule has 2 aromatic rings. The van der Waals surface area contributed by atoms with Crippen LogP contribution < -0.4 is 9.47 Å². The molecule has 2 aromatic carbocycles. The van der Waals surface area contributed by atoms with Crippen LogP contribution in [0.15, 0.2) is 53.4 Å². The normalized spacial score (nSPS) is 15.0. The van der Waals surface area contributed by atoms with Gasteiger partial charge >= 0.3 is 5.97 Å². The molecular weight excluding hydrogens is 402 g/mol. The lowest BCUT2D eigenvalue weighted by Gasteiger charge is -2.25. The number of carbonyl (C=O) groups excluding carboxylic acids is 1. The van der Waals surface area contributed by atoms with Crippen LogP contribution in [0, 0.1) is 0 Å². The van der Waals surface area contributed by atoms with Crippen LogP contribution in [-0.4, -0.2) is 38.4 Å². The minimum absolute atomic E-state index is 0.195. The second-order valence-corrected chi connectivity index (χ2v) is 9.32. The fourth-order valence-electron chi connectivity index (χ4n) is 3.37. The SMILES string of the molecule is CCCOc1ccccc1OC(=O)CCc1ccc(S(=O)(=O)N2CCCCC2)cc1. The molecule has 1 fully saturated rings. The number of sulfonamides is 1. The Morgan fingerprint density at radius 1 is 0.967 bits per heavy atom. The summed E-state index contributed by atoms with van der Waals surface area (Å²) in [4.78, 5) is 12.6. The van der Waals surface area contributed by atoms with Crippen LogP contribution in [0.3, 0.4) is 0 Å². The van der Waals surface area contributed by atoms with Gasteiger partial charge < -0.3 is 9.47 Å². The lowest BCUT2D eigenvalue weighted by Crippen LogP contribution is -2.35. The summed E-state index contributed by atoms with van der Waals surface area (Å²) in [6.07, 6.45) is 4.43. The van der Waals surface area contributed by atoms with Gasteiger partial charge in [-0.1, -0.05) is 37.6 Å². The summed E-state index contributed by atoms with van der Waals surface area (Å²) < 4.78 is 38.0. The van der Waals surface area contributed by atoms with Crippen LogP contribution in [0.25, 0.3) is 0 Å². The summed E-state index contributed by atoms with van der Waals surface area (Å²) in [5.41, 5.74) is 0.889. The van der Waals surface area contributed by atoms with E-state index in [4.69, 9.17) is 9.47 Å². The number of ether oxygens (including phenoxy) is 2. The van der Waals surface area contributed by atoms with Gasteiger partial charge in [-0.05, 0) is 55.5 Å². The van der Waals surface area contributed by atoms with Crippen LogP contribution in [0.4, 0.5) is 0 Å². The number of hydrogen-bond donors (Lipinski definition) is 0. The van der Waals surface area contributed by atoms with Crippen LogP contribution in [-0.2, 0) is 21.2 Å². The molecule has 0 bridgehead atoms. The maximum atomic E-state index is 12.7. The van der Waals surface area contributed by atoms with E-state index >= 15 is 0 Å². The van der Waals surface area contributed by atoms with Crippen molar-refractivity contribution in [3.63, 3.8) is 0 Å². The molecule has 162 valence electrons. The van der Waals surface area contributed by atoms with Crippen molar-refractivity contribution < 1.29 is 22.7 Å². The minimum Gasteiger partial charge on any atom is -0.490 e. The quantitative estimate of drug-likeness (QED) is 0.440. The molecular formula is C23H29NO5S. The molecule has 30 heavy (non-hydrogen) atoms. The monoisotopic (exact) mass is 431 g/mol. The zero-order valence-electron chi connectivity index (χ0n) is 17.4. The lowest BCUT2D eigenvalue weighted by molar-refractivity contribution is -0.134. The first-order valence-electron chi connectivity index (χ1n) is 10.5. The van der Waals surface area contributed by atoms with Gasteiger partial charge in [0.15, 0.2) is 11.5 Å². The first kappa shape index (κ1) is 22.3. The Morgan fingerprint density at radius 2 is 1.63 bits per heavy atom.